The molecule has 0 aliphatic rings. The molecule has 0 unspecified atom stereocenters. The first-order valence-electron chi connectivity index (χ1n) is 6.37. The molecule has 0 bridgehead atoms. The summed E-state index contributed by atoms with van der Waals surface area (Å²) in [6, 6.07) is 10.5. The van der Waals surface area contributed by atoms with Crippen molar-refractivity contribution in [3.63, 3.8) is 0 Å². The Morgan fingerprint density at radius 1 is 1.18 bits per heavy atom. The van der Waals surface area contributed by atoms with Crippen LogP contribution in [0.4, 0.5) is 4.39 Å². The molecular formula is C15H15FN2O3S. The van der Waals surface area contributed by atoms with E-state index in [-0.39, 0.29) is 10.6 Å². The summed E-state index contributed by atoms with van der Waals surface area (Å²) in [6.45, 7) is 1.86. The van der Waals surface area contributed by atoms with Crippen LogP contribution in [0.2, 0.25) is 0 Å². The fourth-order valence-corrected chi connectivity index (χ4v) is 2.49. The fourth-order valence-electron chi connectivity index (χ4n) is 1.70. The highest BCUT2D eigenvalue weighted by Crippen LogP contribution is 2.16. The van der Waals surface area contributed by atoms with Gasteiger partial charge in [-0.25, -0.2) is 9.22 Å². The highest BCUT2D eigenvalue weighted by Gasteiger charge is 2.11. The van der Waals surface area contributed by atoms with Crippen LogP contribution in [0.15, 0.2) is 52.5 Å². The smallest absolute Gasteiger partial charge is 0.276 e. The lowest BCUT2D eigenvalue weighted by atomic mass is 10.2. The van der Waals surface area contributed by atoms with Crippen molar-refractivity contribution in [2.75, 3.05) is 7.11 Å². The standard InChI is InChI=1S/C15H15FN2O3S/c1-11-3-6-13(7-4-11)22(19,20)18-17-10-12-5-8-15(21-2)14(16)9-12/h3-10,18H,1-2H3/b17-10-. The van der Waals surface area contributed by atoms with Gasteiger partial charge in [-0.1, -0.05) is 17.7 Å². The van der Waals surface area contributed by atoms with Gasteiger partial charge in [0.2, 0.25) is 0 Å². The van der Waals surface area contributed by atoms with Crippen molar-refractivity contribution < 1.29 is 17.5 Å². The number of hydrogen-bond acceptors (Lipinski definition) is 4. The Bertz CT molecular complexity index is 787. The van der Waals surface area contributed by atoms with Crippen molar-refractivity contribution in [3.8, 4) is 5.75 Å². The SMILES string of the molecule is COc1ccc(/C=N\NS(=O)(=O)c2ccc(C)cc2)cc1F. The lowest BCUT2D eigenvalue weighted by Gasteiger charge is -2.04. The van der Waals surface area contributed by atoms with Gasteiger partial charge in [0.05, 0.1) is 18.2 Å². The molecule has 0 fully saturated rings. The number of benzene rings is 2. The molecule has 0 aromatic heterocycles. The Kier molecular flexibility index (Phi) is 4.77. The van der Waals surface area contributed by atoms with Crippen molar-refractivity contribution in [1.82, 2.24) is 4.83 Å². The zero-order valence-electron chi connectivity index (χ0n) is 12.1. The normalized spacial score (nSPS) is 11.6. The minimum absolute atomic E-state index is 0.108. The van der Waals surface area contributed by atoms with Crippen LogP contribution >= 0.6 is 0 Å². The van der Waals surface area contributed by atoms with E-state index in [0.717, 1.165) is 5.56 Å². The second-order valence-corrected chi connectivity index (χ2v) is 6.22. The molecule has 1 N–H and O–H groups in total. The summed E-state index contributed by atoms with van der Waals surface area (Å²) in [6.07, 6.45) is 1.22. The molecular weight excluding hydrogens is 307 g/mol. The highest BCUT2D eigenvalue weighted by molar-refractivity contribution is 7.89. The fraction of sp³-hybridized carbons (Fsp3) is 0.133. The van der Waals surface area contributed by atoms with Crippen molar-refractivity contribution in [1.29, 1.82) is 0 Å². The van der Waals surface area contributed by atoms with Gasteiger partial charge in [0.15, 0.2) is 11.6 Å². The molecule has 0 aliphatic heterocycles. The number of sulfonamides is 1. The van der Waals surface area contributed by atoms with E-state index in [0.29, 0.717) is 5.56 Å². The van der Waals surface area contributed by atoms with Crippen molar-refractivity contribution >= 4 is 16.2 Å². The molecule has 0 saturated carbocycles. The number of ether oxygens (including phenoxy) is 1. The molecule has 2 aromatic rings. The van der Waals surface area contributed by atoms with E-state index in [1.165, 1.54) is 37.6 Å². The number of nitrogens with zero attached hydrogens (tertiary/aromatic N) is 1. The average Bonchev–Trinajstić information content (AvgIpc) is 2.48. The lowest BCUT2D eigenvalue weighted by Crippen LogP contribution is -2.18. The third-order valence-corrected chi connectivity index (χ3v) is 4.13. The van der Waals surface area contributed by atoms with Gasteiger partial charge in [0.25, 0.3) is 10.0 Å². The van der Waals surface area contributed by atoms with E-state index in [4.69, 9.17) is 4.74 Å². The van der Waals surface area contributed by atoms with Crippen molar-refractivity contribution in [2.24, 2.45) is 5.10 Å². The van der Waals surface area contributed by atoms with E-state index in [1.54, 1.807) is 18.2 Å². The number of hydrazone groups is 1. The maximum atomic E-state index is 13.5. The van der Waals surface area contributed by atoms with Crippen molar-refractivity contribution in [3.05, 3.63) is 59.4 Å². The highest BCUT2D eigenvalue weighted by atomic mass is 32.2. The quantitative estimate of drug-likeness (QED) is 0.679. The van der Waals surface area contributed by atoms with Gasteiger partial charge < -0.3 is 4.74 Å². The molecule has 0 heterocycles. The molecule has 5 nitrogen and oxygen atoms in total. The summed E-state index contributed by atoms with van der Waals surface area (Å²) < 4.78 is 42.2. The zero-order chi connectivity index (χ0) is 16.2. The van der Waals surface area contributed by atoms with Gasteiger partial charge in [-0.05, 0) is 42.8 Å². The summed E-state index contributed by atoms with van der Waals surface area (Å²) in [5, 5.41) is 3.64. The Labute approximate surface area is 128 Å². The Morgan fingerprint density at radius 2 is 1.86 bits per heavy atom. The van der Waals surface area contributed by atoms with Gasteiger partial charge in [-0.2, -0.15) is 13.5 Å². The predicted octanol–water partition coefficient (Wildman–Crippen LogP) is 2.46. The second-order valence-electron chi connectivity index (χ2n) is 4.56. The largest absolute Gasteiger partial charge is 0.494 e. The van der Waals surface area contributed by atoms with Crippen LogP contribution in [0.1, 0.15) is 11.1 Å². The molecule has 116 valence electrons. The molecule has 0 atom stereocenters. The maximum absolute atomic E-state index is 13.5. The van der Waals surface area contributed by atoms with E-state index in [2.05, 4.69) is 9.93 Å². The molecule has 0 spiro atoms. The first-order chi connectivity index (χ1) is 10.4. The van der Waals surface area contributed by atoms with E-state index in [1.807, 2.05) is 6.92 Å². The minimum Gasteiger partial charge on any atom is -0.494 e. The van der Waals surface area contributed by atoms with Gasteiger partial charge >= 0.3 is 0 Å². The van der Waals surface area contributed by atoms with Gasteiger partial charge in [-0.15, -0.1) is 0 Å². The molecule has 2 aromatic carbocycles. The van der Waals surface area contributed by atoms with Crippen LogP contribution in [0.25, 0.3) is 0 Å². The van der Waals surface area contributed by atoms with E-state index >= 15 is 0 Å². The Balaban J connectivity index is 2.11. The molecule has 0 aliphatic carbocycles. The van der Waals surface area contributed by atoms with Crippen LogP contribution < -0.4 is 9.57 Å². The third kappa shape index (κ3) is 3.82. The lowest BCUT2D eigenvalue weighted by molar-refractivity contribution is 0.386. The molecule has 0 radical (unpaired) electrons. The monoisotopic (exact) mass is 322 g/mol. The summed E-state index contributed by atoms with van der Waals surface area (Å²) in [5.41, 5.74) is 1.36. The predicted molar refractivity (Wildman–Crippen MR) is 82.0 cm³/mol. The summed E-state index contributed by atoms with van der Waals surface area (Å²) in [5.74, 6) is -0.440. The third-order valence-electron chi connectivity index (χ3n) is 2.89. The molecule has 22 heavy (non-hydrogen) atoms. The number of halogens is 1. The zero-order valence-corrected chi connectivity index (χ0v) is 12.9. The molecule has 0 saturated heterocycles. The Morgan fingerprint density at radius 3 is 2.45 bits per heavy atom. The first kappa shape index (κ1) is 16.0. The van der Waals surface area contributed by atoms with Crippen LogP contribution in [0.3, 0.4) is 0 Å². The van der Waals surface area contributed by atoms with Gasteiger partial charge in [0.1, 0.15) is 0 Å². The van der Waals surface area contributed by atoms with Gasteiger partial charge in [-0.3, -0.25) is 0 Å². The minimum atomic E-state index is -3.74. The first-order valence-corrected chi connectivity index (χ1v) is 7.86. The summed E-state index contributed by atoms with van der Waals surface area (Å²) in [7, 11) is -2.37. The van der Waals surface area contributed by atoms with Gasteiger partial charge in [0, 0.05) is 0 Å². The number of methoxy groups -OCH3 is 1. The number of rotatable bonds is 5. The molecule has 2 rings (SSSR count). The summed E-state index contributed by atoms with van der Waals surface area (Å²) in [4.78, 5) is 2.19. The second kappa shape index (κ2) is 6.57. The van der Waals surface area contributed by atoms with Crippen LogP contribution in [0.5, 0.6) is 5.75 Å². The molecule has 7 heteroatoms. The van der Waals surface area contributed by atoms with Crippen LogP contribution in [-0.2, 0) is 10.0 Å². The Hall–Kier alpha value is -2.41. The van der Waals surface area contributed by atoms with Crippen LogP contribution in [0, 0.1) is 12.7 Å². The van der Waals surface area contributed by atoms with E-state index in [9.17, 15) is 12.8 Å². The molecule has 0 amide bonds. The van der Waals surface area contributed by atoms with Crippen LogP contribution in [-0.4, -0.2) is 21.7 Å². The summed E-state index contributed by atoms with van der Waals surface area (Å²) >= 11 is 0. The van der Waals surface area contributed by atoms with E-state index < -0.39 is 15.8 Å². The average molecular weight is 322 g/mol. The topological polar surface area (TPSA) is 67.8 Å². The maximum Gasteiger partial charge on any atom is 0.276 e. The number of nitrogens with one attached hydrogen (secondary N) is 1. The number of aryl methyl sites for hydroxylation is 1. The van der Waals surface area contributed by atoms with Crippen molar-refractivity contribution in [2.45, 2.75) is 11.8 Å². The number of hydrogen-bond donors (Lipinski definition) is 1.